The van der Waals surface area contributed by atoms with Crippen molar-refractivity contribution in [2.24, 2.45) is 0 Å². The zero-order valence-electron chi connectivity index (χ0n) is 11.5. The van der Waals surface area contributed by atoms with Crippen LogP contribution in [0.5, 0.6) is 0 Å². The molecule has 0 amide bonds. The smallest absolute Gasteiger partial charge is 0.247 e. The maximum atomic E-state index is 5.72. The number of hydrogen-bond acceptors (Lipinski definition) is 4. The van der Waals surface area contributed by atoms with Gasteiger partial charge >= 0.3 is 0 Å². The molecular formula is C15H18BrN3O. The number of nitrogens with one attached hydrogen (secondary N) is 1. The SMILES string of the molecule is Cc1cc(-c2nnc(CCCNC3CC3)o2)ccc1Br. The third-order valence-corrected chi connectivity index (χ3v) is 4.34. The number of nitrogens with zero attached hydrogens (tertiary/aromatic N) is 2. The zero-order chi connectivity index (χ0) is 13.9. The van der Waals surface area contributed by atoms with Gasteiger partial charge in [0.25, 0.3) is 0 Å². The van der Waals surface area contributed by atoms with E-state index in [-0.39, 0.29) is 0 Å². The molecule has 5 heteroatoms. The molecule has 0 bridgehead atoms. The maximum Gasteiger partial charge on any atom is 0.247 e. The lowest BCUT2D eigenvalue weighted by Crippen LogP contribution is -2.17. The van der Waals surface area contributed by atoms with Crippen LogP contribution in [-0.4, -0.2) is 22.8 Å². The Bertz CT molecular complexity index is 593. The number of rotatable bonds is 6. The Balaban J connectivity index is 1.58. The third-order valence-electron chi connectivity index (χ3n) is 3.45. The summed E-state index contributed by atoms with van der Waals surface area (Å²) in [5.74, 6) is 1.32. The summed E-state index contributed by atoms with van der Waals surface area (Å²) in [5, 5.41) is 11.7. The van der Waals surface area contributed by atoms with Crippen LogP contribution in [0.3, 0.4) is 0 Å². The van der Waals surface area contributed by atoms with Crippen LogP contribution >= 0.6 is 15.9 Å². The van der Waals surface area contributed by atoms with E-state index in [1.807, 2.05) is 12.1 Å². The molecule has 1 heterocycles. The fourth-order valence-corrected chi connectivity index (χ4v) is 2.33. The lowest BCUT2D eigenvalue weighted by molar-refractivity contribution is 0.491. The third kappa shape index (κ3) is 3.46. The van der Waals surface area contributed by atoms with Gasteiger partial charge < -0.3 is 9.73 Å². The van der Waals surface area contributed by atoms with E-state index >= 15 is 0 Å². The number of benzene rings is 1. The van der Waals surface area contributed by atoms with Gasteiger partial charge in [0, 0.05) is 22.5 Å². The summed E-state index contributed by atoms with van der Waals surface area (Å²) in [6.45, 7) is 3.08. The van der Waals surface area contributed by atoms with Crippen molar-refractivity contribution in [3.05, 3.63) is 34.1 Å². The molecule has 4 nitrogen and oxygen atoms in total. The monoisotopic (exact) mass is 335 g/mol. The first-order chi connectivity index (χ1) is 9.72. The Morgan fingerprint density at radius 1 is 1.35 bits per heavy atom. The summed E-state index contributed by atoms with van der Waals surface area (Å²) in [6, 6.07) is 6.81. The molecule has 0 atom stereocenters. The molecule has 1 aromatic heterocycles. The highest BCUT2D eigenvalue weighted by Crippen LogP contribution is 2.24. The van der Waals surface area contributed by atoms with E-state index in [1.165, 1.54) is 12.8 Å². The van der Waals surface area contributed by atoms with Crippen molar-refractivity contribution in [3.8, 4) is 11.5 Å². The molecule has 3 rings (SSSR count). The predicted octanol–water partition coefficient (Wildman–Crippen LogP) is 3.49. The summed E-state index contributed by atoms with van der Waals surface area (Å²) in [7, 11) is 0. The van der Waals surface area contributed by atoms with Gasteiger partial charge in [-0.05, 0) is 56.5 Å². The second kappa shape index (κ2) is 6.06. The molecular weight excluding hydrogens is 318 g/mol. The molecule has 1 fully saturated rings. The summed E-state index contributed by atoms with van der Waals surface area (Å²) in [6.07, 6.45) is 4.53. The van der Waals surface area contributed by atoms with Crippen LogP contribution in [0.15, 0.2) is 27.1 Å². The molecule has 1 saturated carbocycles. The zero-order valence-corrected chi connectivity index (χ0v) is 13.1. The molecule has 1 N–H and O–H groups in total. The van der Waals surface area contributed by atoms with Crippen LogP contribution in [0, 0.1) is 6.92 Å². The van der Waals surface area contributed by atoms with Gasteiger partial charge in [0.05, 0.1) is 0 Å². The first-order valence-electron chi connectivity index (χ1n) is 7.04. The Labute approximate surface area is 127 Å². The molecule has 1 aromatic carbocycles. The summed E-state index contributed by atoms with van der Waals surface area (Å²) < 4.78 is 6.81. The molecule has 0 saturated heterocycles. The predicted molar refractivity (Wildman–Crippen MR) is 81.5 cm³/mol. The molecule has 1 aliphatic rings. The van der Waals surface area contributed by atoms with Gasteiger partial charge in [-0.15, -0.1) is 10.2 Å². The highest BCUT2D eigenvalue weighted by molar-refractivity contribution is 9.10. The first-order valence-corrected chi connectivity index (χ1v) is 7.84. The molecule has 106 valence electrons. The van der Waals surface area contributed by atoms with Crippen molar-refractivity contribution in [1.82, 2.24) is 15.5 Å². The van der Waals surface area contributed by atoms with Crippen molar-refractivity contribution in [1.29, 1.82) is 0 Å². The van der Waals surface area contributed by atoms with Crippen molar-refractivity contribution in [3.63, 3.8) is 0 Å². The van der Waals surface area contributed by atoms with Crippen molar-refractivity contribution in [2.75, 3.05) is 6.54 Å². The van der Waals surface area contributed by atoms with E-state index < -0.39 is 0 Å². The summed E-state index contributed by atoms with van der Waals surface area (Å²) in [5.41, 5.74) is 2.14. The quantitative estimate of drug-likeness (QED) is 0.821. The topological polar surface area (TPSA) is 51.0 Å². The molecule has 20 heavy (non-hydrogen) atoms. The van der Waals surface area contributed by atoms with Gasteiger partial charge in [0.1, 0.15) is 0 Å². The Hall–Kier alpha value is -1.20. The fraction of sp³-hybridized carbons (Fsp3) is 0.467. The standard InChI is InChI=1S/C15H18BrN3O/c1-10-9-11(4-7-13(10)16)15-19-18-14(20-15)3-2-8-17-12-5-6-12/h4,7,9,12,17H,2-3,5-6,8H2,1H3. The van der Waals surface area contributed by atoms with E-state index in [0.29, 0.717) is 5.89 Å². The summed E-state index contributed by atoms with van der Waals surface area (Å²) >= 11 is 3.49. The van der Waals surface area contributed by atoms with Crippen LogP contribution in [0.25, 0.3) is 11.5 Å². The van der Waals surface area contributed by atoms with Crippen molar-refractivity contribution < 1.29 is 4.42 Å². The molecule has 0 radical (unpaired) electrons. The molecule has 1 aliphatic carbocycles. The van der Waals surface area contributed by atoms with E-state index in [2.05, 4.69) is 44.4 Å². The lowest BCUT2D eigenvalue weighted by atomic mass is 10.1. The molecule has 0 unspecified atom stereocenters. The van der Waals surface area contributed by atoms with E-state index in [4.69, 9.17) is 4.42 Å². The number of aromatic nitrogens is 2. The minimum absolute atomic E-state index is 0.603. The second-order valence-corrected chi connectivity index (χ2v) is 6.15. The van der Waals surface area contributed by atoms with Gasteiger partial charge in [-0.2, -0.15) is 0 Å². The van der Waals surface area contributed by atoms with Gasteiger partial charge in [0.2, 0.25) is 11.8 Å². The van der Waals surface area contributed by atoms with Crippen molar-refractivity contribution >= 4 is 15.9 Å². The second-order valence-electron chi connectivity index (χ2n) is 5.30. The van der Waals surface area contributed by atoms with Gasteiger partial charge in [0.15, 0.2) is 0 Å². The highest BCUT2D eigenvalue weighted by atomic mass is 79.9. The fourth-order valence-electron chi connectivity index (χ4n) is 2.08. The molecule has 2 aromatic rings. The van der Waals surface area contributed by atoms with E-state index in [1.54, 1.807) is 0 Å². The summed E-state index contributed by atoms with van der Waals surface area (Å²) in [4.78, 5) is 0. The lowest BCUT2D eigenvalue weighted by Gasteiger charge is -2.00. The highest BCUT2D eigenvalue weighted by Gasteiger charge is 2.19. The minimum atomic E-state index is 0.603. The van der Waals surface area contributed by atoms with Crippen LogP contribution in [0.2, 0.25) is 0 Å². The van der Waals surface area contributed by atoms with Crippen LogP contribution in [0.1, 0.15) is 30.7 Å². The molecule has 0 spiro atoms. The van der Waals surface area contributed by atoms with Crippen LogP contribution in [0.4, 0.5) is 0 Å². The van der Waals surface area contributed by atoms with Gasteiger partial charge in [-0.1, -0.05) is 15.9 Å². The Morgan fingerprint density at radius 3 is 2.95 bits per heavy atom. The Morgan fingerprint density at radius 2 is 2.20 bits per heavy atom. The van der Waals surface area contributed by atoms with Gasteiger partial charge in [-0.25, -0.2) is 0 Å². The largest absolute Gasteiger partial charge is 0.421 e. The van der Waals surface area contributed by atoms with Gasteiger partial charge in [-0.3, -0.25) is 0 Å². The average Bonchev–Trinajstić information content (AvgIpc) is 3.15. The van der Waals surface area contributed by atoms with E-state index in [0.717, 1.165) is 46.9 Å². The number of halogens is 1. The van der Waals surface area contributed by atoms with E-state index in [9.17, 15) is 0 Å². The Kier molecular flexibility index (Phi) is 4.17. The molecule has 0 aliphatic heterocycles. The average molecular weight is 336 g/mol. The normalized spacial score (nSPS) is 14.7. The maximum absolute atomic E-state index is 5.72. The van der Waals surface area contributed by atoms with Crippen molar-refractivity contribution in [2.45, 2.75) is 38.6 Å². The number of aryl methyl sites for hydroxylation is 2. The number of hydrogen-bond donors (Lipinski definition) is 1. The van der Waals surface area contributed by atoms with Crippen LogP contribution in [-0.2, 0) is 6.42 Å². The minimum Gasteiger partial charge on any atom is -0.421 e. The first kappa shape index (κ1) is 13.8. The van der Waals surface area contributed by atoms with Crippen LogP contribution < -0.4 is 5.32 Å².